The zero-order valence-electron chi connectivity index (χ0n) is 14.5. The average molecular weight is 499 g/mol. The fraction of sp³-hybridized carbons (Fsp3) is 0.167. The van der Waals surface area contributed by atoms with E-state index in [1.54, 1.807) is 43.3 Å². The van der Waals surface area contributed by atoms with Gasteiger partial charge in [0.2, 0.25) is 0 Å². The van der Waals surface area contributed by atoms with Crippen molar-refractivity contribution in [2.75, 3.05) is 7.11 Å². The van der Waals surface area contributed by atoms with Crippen LogP contribution in [0.5, 0.6) is 11.5 Å². The van der Waals surface area contributed by atoms with Crippen molar-refractivity contribution in [1.29, 1.82) is 0 Å². The summed E-state index contributed by atoms with van der Waals surface area (Å²) in [6.45, 7) is 1.56. The largest absolute Gasteiger partial charge is 0.503 e. The maximum absolute atomic E-state index is 12.2. The highest BCUT2D eigenvalue weighted by Gasteiger charge is 2.17. The first-order valence-corrected chi connectivity index (χ1v) is 9.37. The number of aromatic hydroxyl groups is 1. The number of hydrazone groups is 1. The third kappa shape index (κ3) is 5.54. The highest BCUT2D eigenvalue weighted by atomic mass is 79.9. The lowest BCUT2D eigenvalue weighted by Crippen LogP contribution is -2.43. The van der Waals surface area contributed by atoms with Crippen LogP contribution in [0.15, 0.2) is 50.4 Å². The molecule has 0 heterocycles. The molecule has 2 aromatic carbocycles. The Labute approximate surface area is 173 Å². The van der Waals surface area contributed by atoms with E-state index in [0.717, 1.165) is 0 Å². The molecule has 2 rings (SSSR count). The summed E-state index contributed by atoms with van der Waals surface area (Å²) in [5.74, 6) is -0.605. The number of nitrogens with one attached hydrogen (secondary N) is 2. The number of ether oxygens (including phenoxy) is 1. The van der Waals surface area contributed by atoms with Gasteiger partial charge in [0.1, 0.15) is 6.04 Å². The Kier molecular flexibility index (Phi) is 7.37. The van der Waals surface area contributed by atoms with Gasteiger partial charge in [0.15, 0.2) is 11.5 Å². The number of hydrogen-bond donors (Lipinski definition) is 3. The topological polar surface area (TPSA) is 100 Å². The second-order valence-corrected chi connectivity index (χ2v) is 7.17. The van der Waals surface area contributed by atoms with E-state index >= 15 is 0 Å². The molecule has 0 aromatic heterocycles. The number of hydrogen-bond acceptors (Lipinski definition) is 5. The van der Waals surface area contributed by atoms with E-state index in [9.17, 15) is 14.7 Å². The Morgan fingerprint density at radius 2 is 1.93 bits per heavy atom. The third-order valence-electron chi connectivity index (χ3n) is 3.52. The SMILES string of the molecule is COc1cc(/C=N/NC(=O)C(C)NC(=O)c2ccccc2Br)cc(Br)c1O. The van der Waals surface area contributed by atoms with Crippen LogP contribution in [0.4, 0.5) is 0 Å². The van der Waals surface area contributed by atoms with Gasteiger partial charge in [0, 0.05) is 4.47 Å². The summed E-state index contributed by atoms with van der Waals surface area (Å²) >= 11 is 6.50. The molecule has 2 aromatic rings. The summed E-state index contributed by atoms with van der Waals surface area (Å²) in [6, 6.07) is 9.32. The predicted octanol–water partition coefficient (Wildman–Crippen LogP) is 3.19. The molecule has 0 aliphatic carbocycles. The van der Waals surface area contributed by atoms with Gasteiger partial charge >= 0.3 is 0 Å². The predicted molar refractivity (Wildman–Crippen MR) is 109 cm³/mol. The molecule has 7 nitrogen and oxygen atoms in total. The molecule has 0 aliphatic rings. The summed E-state index contributed by atoms with van der Waals surface area (Å²) in [7, 11) is 1.43. The van der Waals surface area contributed by atoms with Gasteiger partial charge < -0.3 is 15.2 Å². The Balaban J connectivity index is 1.97. The van der Waals surface area contributed by atoms with Crippen LogP contribution in [-0.4, -0.2) is 36.3 Å². The van der Waals surface area contributed by atoms with Crippen molar-refractivity contribution in [2.45, 2.75) is 13.0 Å². The first kappa shape index (κ1) is 20.9. The average Bonchev–Trinajstić information content (AvgIpc) is 2.64. The van der Waals surface area contributed by atoms with Gasteiger partial charge in [-0.2, -0.15) is 5.10 Å². The Morgan fingerprint density at radius 3 is 2.59 bits per heavy atom. The van der Waals surface area contributed by atoms with Crippen molar-refractivity contribution in [3.63, 3.8) is 0 Å². The number of rotatable bonds is 6. The van der Waals surface area contributed by atoms with Crippen LogP contribution in [0.1, 0.15) is 22.8 Å². The normalized spacial score (nSPS) is 11.9. The summed E-state index contributed by atoms with van der Waals surface area (Å²) < 4.78 is 6.12. The van der Waals surface area contributed by atoms with Gasteiger partial charge in [0.05, 0.1) is 23.4 Å². The monoisotopic (exact) mass is 497 g/mol. The number of nitrogens with zero attached hydrogens (tertiary/aromatic N) is 1. The number of amides is 2. The van der Waals surface area contributed by atoms with Gasteiger partial charge in [-0.25, -0.2) is 5.43 Å². The van der Waals surface area contributed by atoms with E-state index in [-0.39, 0.29) is 17.4 Å². The Hall–Kier alpha value is -2.39. The molecule has 2 amide bonds. The lowest BCUT2D eigenvalue weighted by molar-refractivity contribution is -0.122. The van der Waals surface area contributed by atoms with E-state index in [2.05, 4.69) is 47.7 Å². The molecule has 0 bridgehead atoms. The lowest BCUT2D eigenvalue weighted by Gasteiger charge is -2.13. The van der Waals surface area contributed by atoms with Crippen molar-refractivity contribution >= 4 is 49.9 Å². The van der Waals surface area contributed by atoms with Crippen LogP contribution in [0, 0.1) is 0 Å². The fourth-order valence-electron chi connectivity index (χ4n) is 2.08. The van der Waals surface area contributed by atoms with Crippen LogP contribution in [0.3, 0.4) is 0 Å². The highest BCUT2D eigenvalue weighted by molar-refractivity contribution is 9.10. The van der Waals surface area contributed by atoms with Crippen molar-refractivity contribution in [3.05, 3.63) is 56.5 Å². The van der Waals surface area contributed by atoms with Crippen molar-refractivity contribution in [3.8, 4) is 11.5 Å². The molecule has 1 atom stereocenters. The maximum Gasteiger partial charge on any atom is 0.262 e. The molecule has 1 unspecified atom stereocenters. The quantitative estimate of drug-likeness (QED) is 0.420. The van der Waals surface area contributed by atoms with Crippen LogP contribution in [0.25, 0.3) is 0 Å². The molecular weight excluding hydrogens is 482 g/mol. The standard InChI is InChI=1S/C18H17Br2N3O4/c1-10(22-18(26)12-5-3-4-6-13(12)19)17(25)23-21-9-11-7-14(20)16(24)15(8-11)27-2/h3-10,24H,1-2H3,(H,22,26)(H,23,25)/b21-9+. The summed E-state index contributed by atoms with van der Waals surface area (Å²) in [5.41, 5.74) is 3.39. The molecule has 9 heteroatoms. The van der Waals surface area contributed by atoms with Crippen LogP contribution in [0.2, 0.25) is 0 Å². The number of phenolic OH excluding ortho intramolecular Hbond substituents is 1. The second-order valence-electron chi connectivity index (χ2n) is 5.46. The molecule has 142 valence electrons. The van der Waals surface area contributed by atoms with Crippen molar-refractivity contribution < 1.29 is 19.4 Å². The van der Waals surface area contributed by atoms with E-state index in [0.29, 0.717) is 20.1 Å². The van der Waals surface area contributed by atoms with Crippen molar-refractivity contribution in [1.82, 2.24) is 10.7 Å². The van der Waals surface area contributed by atoms with E-state index in [1.165, 1.54) is 13.3 Å². The van der Waals surface area contributed by atoms with Crippen molar-refractivity contribution in [2.24, 2.45) is 5.10 Å². The summed E-state index contributed by atoms with van der Waals surface area (Å²) in [4.78, 5) is 24.3. The van der Waals surface area contributed by atoms with Gasteiger partial charge in [-0.15, -0.1) is 0 Å². The van der Waals surface area contributed by atoms with Gasteiger partial charge in [0.25, 0.3) is 11.8 Å². The van der Waals surface area contributed by atoms with Gasteiger partial charge in [-0.3, -0.25) is 9.59 Å². The molecule has 0 spiro atoms. The van der Waals surface area contributed by atoms with Gasteiger partial charge in [-0.05, 0) is 68.6 Å². The van der Waals surface area contributed by atoms with E-state index in [1.807, 2.05) is 0 Å². The first-order valence-electron chi connectivity index (χ1n) is 7.78. The lowest BCUT2D eigenvalue weighted by atomic mass is 10.2. The number of carbonyl (C=O) groups excluding carboxylic acids is 2. The Bertz CT molecular complexity index is 887. The number of methoxy groups -OCH3 is 1. The maximum atomic E-state index is 12.2. The smallest absolute Gasteiger partial charge is 0.262 e. The molecule has 0 saturated heterocycles. The number of phenols is 1. The fourth-order valence-corrected chi connectivity index (χ4v) is 3.00. The summed E-state index contributed by atoms with van der Waals surface area (Å²) in [5, 5.41) is 16.2. The molecule has 27 heavy (non-hydrogen) atoms. The van der Waals surface area contributed by atoms with Crippen LogP contribution < -0.4 is 15.5 Å². The number of halogens is 2. The first-order chi connectivity index (χ1) is 12.8. The van der Waals surface area contributed by atoms with Crippen LogP contribution in [-0.2, 0) is 4.79 Å². The minimum atomic E-state index is -0.789. The molecule has 0 aliphatic heterocycles. The zero-order chi connectivity index (χ0) is 20.0. The van der Waals surface area contributed by atoms with E-state index in [4.69, 9.17) is 4.74 Å². The highest BCUT2D eigenvalue weighted by Crippen LogP contribution is 2.34. The van der Waals surface area contributed by atoms with Crippen LogP contribution >= 0.6 is 31.9 Å². The summed E-state index contributed by atoms with van der Waals surface area (Å²) in [6.07, 6.45) is 1.40. The zero-order valence-corrected chi connectivity index (χ0v) is 17.7. The second kappa shape index (κ2) is 9.52. The minimum Gasteiger partial charge on any atom is -0.503 e. The molecule has 0 fully saturated rings. The molecular formula is C18H17Br2N3O4. The minimum absolute atomic E-state index is 0.0258. The Morgan fingerprint density at radius 1 is 1.22 bits per heavy atom. The van der Waals surface area contributed by atoms with E-state index < -0.39 is 11.9 Å². The molecule has 0 radical (unpaired) electrons. The number of benzene rings is 2. The van der Waals surface area contributed by atoms with Gasteiger partial charge in [-0.1, -0.05) is 12.1 Å². The molecule has 3 N–H and O–H groups in total. The number of carbonyl (C=O) groups is 2. The molecule has 0 saturated carbocycles. The third-order valence-corrected chi connectivity index (χ3v) is 4.81.